The summed E-state index contributed by atoms with van der Waals surface area (Å²) in [5.74, 6) is -2.78. The van der Waals surface area contributed by atoms with E-state index in [9.17, 15) is 21.6 Å². The summed E-state index contributed by atoms with van der Waals surface area (Å²) in [5, 5.41) is 11.6. The molecule has 1 aliphatic heterocycles. The normalized spacial score (nSPS) is 17.0. The van der Waals surface area contributed by atoms with E-state index in [0.29, 0.717) is 13.2 Å². The first-order valence-electron chi connectivity index (χ1n) is 8.76. The number of methoxy groups -OCH3 is 1. The zero-order chi connectivity index (χ0) is 22.5. The van der Waals surface area contributed by atoms with Gasteiger partial charge in [-0.1, -0.05) is 0 Å². The second kappa shape index (κ2) is 9.53. The van der Waals surface area contributed by atoms with E-state index in [1.807, 2.05) is 17.8 Å². The van der Waals surface area contributed by atoms with Crippen molar-refractivity contribution in [2.75, 3.05) is 20.3 Å². The number of rotatable bonds is 5. The van der Waals surface area contributed by atoms with Crippen molar-refractivity contribution in [3.05, 3.63) is 42.0 Å². The van der Waals surface area contributed by atoms with Gasteiger partial charge in [-0.25, -0.2) is 13.2 Å². The molecule has 13 heteroatoms. The van der Waals surface area contributed by atoms with Gasteiger partial charge in [0.15, 0.2) is 0 Å². The number of halogens is 3. The van der Waals surface area contributed by atoms with Gasteiger partial charge in [-0.05, 0) is 19.1 Å². The highest BCUT2D eigenvalue weighted by Gasteiger charge is 2.38. The number of fused-ring (bicyclic) bond motifs is 1. The molecule has 1 N–H and O–H groups in total. The minimum Gasteiger partial charge on any atom is -0.475 e. The Balaban J connectivity index is 0.000000396. The molecule has 3 rings (SSSR count). The smallest absolute Gasteiger partial charge is 0.475 e. The van der Waals surface area contributed by atoms with Crippen LogP contribution in [0.15, 0.2) is 35.6 Å². The second-order valence-corrected chi connectivity index (χ2v) is 8.27. The summed E-state index contributed by atoms with van der Waals surface area (Å²) >= 11 is 0. The summed E-state index contributed by atoms with van der Waals surface area (Å²) < 4.78 is 66.0. The van der Waals surface area contributed by atoms with Crippen molar-refractivity contribution >= 4 is 16.0 Å². The summed E-state index contributed by atoms with van der Waals surface area (Å²) in [6.45, 7) is 3.88. The number of alkyl halides is 3. The summed E-state index contributed by atoms with van der Waals surface area (Å²) in [5.41, 5.74) is 1.87. The molecule has 1 unspecified atom stereocenters. The van der Waals surface area contributed by atoms with E-state index >= 15 is 0 Å². The fourth-order valence-corrected chi connectivity index (χ4v) is 4.27. The van der Waals surface area contributed by atoms with E-state index in [1.54, 1.807) is 25.4 Å². The second-order valence-electron chi connectivity index (χ2n) is 6.33. The van der Waals surface area contributed by atoms with Crippen LogP contribution in [-0.4, -0.2) is 65.0 Å². The highest BCUT2D eigenvalue weighted by atomic mass is 32.2. The molecule has 9 nitrogen and oxygen atoms in total. The number of carboxylic acid groups (broad SMARTS) is 1. The molecule has 0 aromatic carbocycles. The van der Waals surface area contributed by atoms with Gasteiger partial charge in [0, 0.05) is 50.3 Å². The first-order chi connectivity index (χ1) is 14.0. The van der Waals surface area contributed by atoms with Crippen LogP contribution in [0.25, 0.3) is 0 Å². The van der Waals surface area contributed by atoms with Crippen LogP contribution in [0.1, 0.15) is 24.1 Å². The molecule has 0 radical (unpaired) electrons. The standard InChI is InChI=1S/C15H20N4O3S.C2HF3O2/c1-3-18-9-14-12(11-22-2)8-19(10-15(14)17-18)23(20,21)13-5-4-6-16-7-13;3-2(4,5)1(6)7/h4-7,9,12H,3,8,10-11H2,1-2H3;(H,6,7). The molecule has 0 saturated heterocycles. The van der Waals surface area contributed by atoms with Gasteiger partial charge in [0.05, 0.1) is 18.8 Å². The molecular weight excluding hydrogens is 429 g/mol. The Kier molecular flexibility index (Phi) is 7.55. The third kappa shape index (κ3) is 5.55. The molecule has 0 amide bonds. The number of aryl methyl sites for hydroxylation is 1. The molecule has 30 heavy (non-hydrogen) atoms. The van der Waals surface area contributed by atoms with Crippen LogP contribution in [0.4, 0.5) is 13.2 Å². The van der Waals surface area contributed by atoms with Crippen LogP contribution in [0, 0.1) is 0 Å². The Morgan fingerprint density at radius 2 is 2.07 bits per heavy atom. The number of carbonyl (C=O) groups is 1. The molecular formula is C17H21F3N4O5S. The zero-order valence-electron chi connectivity index (χ0n) is 16.2. The lowest BCUT2D eigenvalue weighted by atomic mass is 9.97. The molecule has 0 spiro atoms. The highest BCUT2D eigenvalue weighted by Crippen LogP contribution is 2.31. The van der Waals surface area contributed by atoms with Crippen LogP contribution in [-0.2, 0) is 32.6 Å². The summed E-state index contributed by atoms with van der Waals surface area (Å²) in [7, 11) is -1.96. The topological polar surface area (TPSA) is 115 Å². The zero-order valence-corrected chi connectivity index (χ0v) is 17.0. The Hall–Kier alpha value is -2.51. The molecule has 1 aliphatic rings. The van der Waals surface area contributed by atoms with Crippen molar-refractivity contribution in [1.82, 2.24) is 19.1 Å². The summed E-state index contributed by atoms with van der Waals surface area (Å²) in [6, 6.07) is 3.19. The largest absolute Gasteiger partial charge is 0.490 e. The number of hydrogen-bond acceptors (Lipinski definition) is 6. The molecule has 2 aromatic rings. The maximum Gasteiger partial charge on any atom is 0.490 e. The van der Waals surface area contributed by atoms with Crippen LogP contribution in [0.5, 0.6) is 0 Å². The first kappa shape index (κ1) is 23.8. The Morgan fingerprint density at radius 3 is 2.57 bits per heavy atom. The van der Waals surface area contributed by atoms with Crippen molar-refractivity contribution in [1.29, 1.82) is 0 Å². The van der Waals surface area contributed by atoms with Crippen LogP contribution in [0.3, 0.4) is 0 Å². The third-order valence-electron chi connectivity index (χ3n) is 4.27. The van der Waals surface area contributed by atoms with Gasteiger partial charge in [-0.15, -0.1) is 0 Å². The van der Waals surface area contributed by atoms with Gasteiger partial charge in [0.1, 0.15) is 4.90 Å². The van der Waals surface area contributed by atoms with Gasteiger partial charge >= 0.3 is 12.1 Å². The Morgan fingerprint density at radius 1 is 1.40 bits per heavy atom. The number of sulfonamides is 1. The maximum absolute atomic E-state index is 12.8. The van der Waals surface area contributed by atoms with Crippen molar-refractivity contribution in [3.63, 3.8) is 0 Å². The van der Waals surface area contributed by atoms with Crippen LogP contribution in [0.2, 0.25) is 0 Å². The lowest BCUT2D eigenvalue weighted by Gasteiger charge is -2.30. The van der Waals surface area contributed by atoms with E-state index in [0.717, 1.165) is 17.8 Å². The van der Waals surface area contributed by atoms with Crippen molar-refractivity contribution in [3.8, 4) is 0 Å². The van der Waals surface area contributed by atoms with E-state index in [-0.39, 0.29) is 17.4 Å². The molecule has 0 saturated carbocycles. The number of nitrogens with zero attached hydrogens (tertiary/aromatic N) is 4. The average Bonchev–Trinajstić information content (AvgIpc) is 3.12. The van der Waals surface area contributed by atoms with E-state index in [2.05, 4.69) is 10.1 Å². The Bertz CT molecular complexity index is 964. The first-order valence-corrected chi connectivity index (χ1v) is 10.2. The van der Waals surface area contributed by atoms with E-state index in [1.165, 1.54) is 10.5 Å². The predicted octanol–water partition coefficient (Wildman–Crippen LogP) is 1.87. The summed E-state index contributed by atoms with van der Waals surface area (Å²) in [6.07, 6.45) is -0.155. The lowest BCUT2D eigenvalue weighted by molar-refractivity contribution is -0.192. The monoisotopic (exact) mass is 450 g/mol. The number of pyridine rings is 1. The van der Waals surface area contributed by atoms with Gasteiger partial charge < -0.3 is 9.84 Å². The summed E-state index contributed by atoms with van der Waals surface area (Å²) in [4.78, 5) is 13.0. The number of ether oxygens (including phenoxy) is 1. The quantitative estimate of drug-likeness (QED) is 0.740. The van der Waals surface area contributed by atoms with Gasteiger partial charge in [0.2, 0.25) is 10.0 Å². The fraction of sp³-hybridized carbons (Fsp3) is 0.471. The van der Waals surface area contributed by atoms with E-state index < -0.39 is 22.2 Å². The van der Waals surface area contributed by atoms with E-state index in [4.69, 9.17) is 14.6 Å². The lowest BCUT2D eigenvalue weighted by Crippen LogP contribution is -2.39. The molecule has 1 atom stereocenters. The number of aliphatic carboxylic acids is 1. The van der Waals surface area contributed by atoms with Crippen molar-refractivity contribution in [2.24, 2.45) is 0 Å². The maximum atomic E-state index is 12.8. The molecule has 0 fully saturated rings. The highest BCUT2D eigenvalue weighted by molar-refractivity contribution is 7.89. The van der Waals surface area contributed by atoms with Crippen LogP contribution >= 0.6 is 0 Å². The Labute approximate surface area is 171 Å². The molecule has 2 aromatic heterocycles. The van der Waals surface area contributed by atoms with Gasteiger partial charge in [-0.2, -0.15) is 22.6 Å². The molecule has 0 aliphatic carbocycles. The molecule has 3 heterocycles. The van der Waals surface area contributed by atoms with Crippen LogP contribution < -0.4 is 0 Å². The SMILES string of the molecule is CCn1cc2c(n1)CN(S(=O)(=O)c1cccnc1)CC2COC.O=C(O)C(F)(F)F. The van der Waals surface area contributed by atoms with Gasteiger partial charge in [0.25, 0.3) is 0 Å². The minimum atomic E-state index is -5.08. The number of hydrogen-bond donors (Lipinski definition) is 1. The van der Waals surface area contributed by atoms with Gasteiger partial charge in [-0.3, -0.25) is 9.67 Å². The average molecular weight is 450 g/mol. The molecule has 166 valence electrons. The van der Waals surface area contributed by atoms with Crippen molar-refractivity contribution < 1.29 is 36.2 Å². The fourth-order valence-electron chi connectivity index (χ4n) is 2.85. The number of carboxylic acids is 1. The third-order valence-corrected chi connectivity index (χ3v) is 6.06. The minimum absolute atomic E-state index is 0.0181. The molecule has 0 bridgehead atoms. The number of aromatic nitrogens is 3. The van der Waals surface area contributed by atoms with Crippen molar-refractivity contribution in [2.45, 2.75) is 37.0 Å². The predicted molar refractivity (Wildman–Crippen MR) is 98.0 cm³/mol.